The smallest absolute Gasteiger partial charge is 0.198 e. The van der Waals surface area contributed by atoms with Crippen LogP contribution in [0.3, 0.4) is 0 Å². The number of methoxy groups -OCH3 is 1. The Bertz CT molecular complexity index is 796. The first kappa shape index (κ1) is 16.5. The van der Waals surface area contributed by atoms with E-state index in [-0.39, 0.29) is 12.4 Å². The number of rotatable bonds is 7. The van der Waals surface area contributed by atoms with E-state index in [4.69, 9.17) is 9.47 Å². The van der Waals surface area contributed by atoms with Gasteiger partial charge in [0.05, 0.1) is 5.94 Å². The molecule has 1 heterocycles. The van der Waals surface area contributed by atoms with Crippen molar-refractivity contribution in [3.8, 4) is 11.4 Å². The fraction of sp³-hybridized carbons (Fsp3) is 0.176. The molecule has 2 aromatic carbocycles. The van der Waals surface area contributed by atoms with Gasteiger partial charge >= 0.3 is 0 Å². The number of halogens is 1. The maximum atomic E-state index is 13.7. The highest BCUT2D eigenvalue weighted by Crippen LogP contribution is 2.23. The van der Waals surface area contributed by atoms with Gasteiger partial charge < -0.3 is 9.47 Å². The standard InChI is InChI=1S/C17H16FN3O2S/c1-22-12-24-17-20-19-16(21(17)13-7-3-2-4-8-13)11-23-15-10-6-5-9-14(15)18/h2-10H,11-12H2,1H3. The quantitative estimate of drug-likeness (QED) is 0.483. The normalized spacial score (nSPS) is 10.8. The highest BCUT2D eigenvalue weighted by Gasteiger charge is 2.15. The van der Waals surface area contributed by atoms with Gasteiger partial charge in [0, 0.05) is 12.8 Å². The molecule has 0 aliphatic carbocycles. The Hall–Kier alpha value is -2.38. The van der Waals surface area contributed by atoms with Crippen molar-refractivity contribution in [1.82, 2.24) is 14.8 Å². The Labute approximate surface area is 143 Å². The molecule has 0 fully saturated rings. The van der Waals surface area contributed by atoms with Crippen molar-refractivity contribution in [2.45, 2.75) is 11.8 Å². The predicted octanol–water partition coefficient (Wildman–Crippen LogP) is 3.68. The maximum Gasteiger partial charge on any atom is 0.198 e. The molecule has 0 amide bonds. The minimum Gasteiger partial charge on any atom is -0.483 e. The van der Waals surface area contributed by atoms with Crippen molar-refractivity contribution >= 4 is 11.8 Å². The fourth-order valence-corrected chi connectivity index (χ4v) is 2.80. The monoisotopic (exact) mass is 345 g/mol. The van der Waals surface area contributed by atoms with E-state index in [9.17, 15) is 4.39 Å². The Balaban J connectivity index is 1.87. The Morgan fingerprint density at radius 1 is 1.04 bits per heavy atom. The van der Waals surface area contributed by atoms with Gasteiger partial charge in [-0.2, -0.15) is 0 Å². The van der Waals surface area contributed by atoms with Gasteiger partial charge in [0.1, 0.15) is 6.61 Å². The molecule has 1 aromatic heterocycles. The first-order chi connectivity index (χ1) is 11.8. The van der Waals surface area contributed by atoms with Crippen LogP contribution in [0.4, 0.5) is 4.39 Å². The van der Waals surface area contributed by atoms with Gasteiger partial charge in [-0.3, -0.25) is 4.57 Å². The van der Waals surface area contributed by atoms with Crippen LogP contribution in [0, 0.1) is 5.82 Å². The van der Waals surface area contributed by atoms with Crippen LogP contribution >= 0.6 is 11.8 Å². The second kappa shape index (κ2) is 7.94. The molecule has 3 rings (SSSR count). The molecule has 0 aliphatic rings. The van der Waals surface area contributed by atoms with Crippen LogP contribution in [0.5, 0.6) is 5.75 Å². The van der Waals surface area contributed by atoms with E-state index in [2.05, 4.69) is 10.2 Å². The van der Waals surface area contributed by atoms with E-state index in [0.29, 0.717) is 16.9 Å². The lowest BCUT2D eigenvalue weighted by Crippen LogP contribution is -2.07. The fourth-order valence-electron chi connectivity index (χ4n) is 2.14. The molecule has 0 atom stereocenters. The zero-order valence-electron chi connectivity index (χ0n) is 13.1. The molecule has 0 bridgehead atoms. The zero-order valence-corrected chi connectivity index (χ0v) is 13.9. The third kappa shape index (κ3) is 3.74. The van der Waals surface area contributed by atoms with E-state index < -0.39 is 5.82 Å². The average Bonchev–Trinajstić information content (AvgIpc) is 3.03. The van der Waals surface area contributed by atoms with Gasteiger partial charge in [-0.05, 0) is 24.3 Å². The number of para-hydroxylation sites is 2. The van der Waals surface area contributed by atoms with E-state index >= 15 is 0 Å². The summed E-state index contributed by atoms with van der Waals surface area (Å²) in [5, 5.41) is 9.06. The first-order valence-corrected chi connectivity index (χ1v) is 8.27. The highest BCUT2D eigenvalue weighted by molar-refractivity contribution is 7.99. The largest absolute Gasteiger partial charge is 0.483 e. The first-order valence-electron chi connectivity index (χ1n) is 7.28. The number of benzene rings is 2. The molecule has 7 heteroatoms. The van der Waals surface area contributed by atoms with Gasteiger partial charge in [0.25, 0.3) is 0 Å². The summed E-state index contributed by atoms with van der Waals surface area (Å²) >= 11 is 1.43. The topological polar surface area (TPSA) is 49.2 Å². The van der Waals surface area contributed by atoms with E-state index in [0.717, 1.165) is 5.69 Å². The lowest BCUT2D eigenvalue weighted by atomic mass is 10.3. The maximum absolute atomic E-state index is 13.7. The Kier molecular flexibility index (Phi) is 5.45. The third-order valence-corrected chi connectivity index (χ3v) is 4.09. The predicted molar refractivity (Wildman–Crippen MR) is 89.8 cm³/mol. The molecule has 0 spiro atoms. The van der Waals surface area contributed by atoms with Gasteiger partial charge in [0.15, 0.2) is 22.5 Å². The molecule has 5 nitrogen and oxygen atoms in total. The van der Waals surface area contributed by atoms with E-state index in [1.807, 2.05) is 34.9 Å². The van der Waals surface area contributed by atoms with Gasteiger partial charge in [-0.1, -0.05) is 42.1 Å². The Morgan fingerprint density at radius 3 is 2.54 bits per heavy atom. The molecule has 124 valence electrons. The van der Waals surface area contributed by atoms with Crippen molar-refractivity contribution in [1.29, 1.82) is 0 Å². The molecule has 0 aliphatic heterocycles. The van der Waals surface area contributed by atoms with Crippen LogP contribution in [0.1, 0.15) is 5.82 Å². The molecular formula is C17H16FN3O2S. The SMILES string of the molecule is COCSc1nnc(COc2ccccc2F)n1-c1ccccc1. The highest BCUT2D eigenvalue weighted by atomic mass is 32.2. The molecule has 0 N–H and O–H groups in total. The van der Waals surface area contributed by atoms with Crippen molar-refractivity contribution in [2.24, 2.45) is 0 Å². The molecule has 0 saturated heterocycles. The summed E-state index contributed by atoms with van der Waals surface area (Å²) < 4.78 is 26.2. The molecular weight excluding hydrogens is 329 g/mol. The van der Waals surface area contributed by atoms with Crippen LogP contribution in [0.15, 0.2) is 59.8 Å². The minimum atomic E-state index is -0.405. The van der Waals surface area contributed by atoms with Crippen molar-refractivity contribution in [3.05, 3.63) is 66.2 Å². The summed E-state index contributed by atoms with van der Waals surface area (Å²) in [5.74, 6) is 0.825. The van der Waals surface area contributed by atoms with Crippen molar-refractivity contribution in [3.63, 3.8) is 0 Å². The number of aromatic nitrogens is 3. The zero-order chi connectivity index (χ0) is 16.8. The van der Waals surface area contributed by atoms with Crippen LogP contribution in [0.2, 0.25) is 0 Å². The van der Waals surface area contributed by atoms with Crippen LogP contribution in [-0.2, 0) is 11.3 Å². The lowest BCUT2D eigenvalue weighted by molar-refractivity contribution is 0.258. The van der Waals surface area contributed by atoms with Gasteiger partial charge in [0.2, 0.25) is 0 Å². The van der Waals surface area contributed by atoms with Gasteiger partial charge in [-0.15, -0.1) is 10.2 Å². The molecule has 24 heavy (non-hydrogen) atoms. The van der Waals surface area contributed by atoms with Crippen molar-refractivity contribution in [2.75, 3.05) is 13.0 Å². The number of ether oxygens (including phenoxy) is 2. The van der Waals surface area contributed by atoms with Crippen LogP contribution in [-0.4, -0.2) is 27.8 Å². The molecule has 0 radical (unpaired) electrons. The second-order valence-electron chi connectivity index (χ2n) is 4.84. The van der Waals surface area contributed by atoms with E-state index in [1.54, 1.807) is 25.3 Å². The summed E-state index contributed by atoms with van der Waals surface area (Å²) in [7, 11) is 1.62. The summed E-state index contributed by atoms with van der Waals surface area (Å²) in [5.41, 5.74) is 0.910. The lowest BCUT2D eigenvalue weighted by Gasteiger charge is -2.11. The summed E-state index contributed by atoms with van der Waals surface area (Å²) in [6, 6.07) is 16.0. The number of hydrogen-bond donors (Lipinski definition) is 0. The minimum absolute atomic E-state index is 0.108. The Morgan fingerprint density at radius 2 is 1.79 bits per heavy atom. The van der Waals surface area contributed by atoms with E-state index in [1.165, 1.54) is 17.8 Å². The number of thioether (sulfide) groups is 1. The summed E-state index contributed by atoms with van der Waals surface area (Å²) in [6.45, 7) is 0.108. The molecule has 0 saturated carbocycles. The van der Waals surface area contributed by atoms with Crippen LogP contribution in [0.25, 0.3) is 5.69 Å². The third-order valence-electron chi connectivity index (χ3n) is 3.21. The number of hydrogen-bond acceptors (Lipinski definition) is 5. The molecule has 0 unspecified atom stereocenters. The second-order valence-corrected chi connectivity index (χ2v) is 5.73. The van der Waals surface area contributed by atoms with Crippen molar-refractivity contribution < 1.29 is 13.9 Å². The summed E-state index contributed by atoms with van der Waals surface area (Å²) in [4.78, 5) is 0. The average molecular weight is 345 g/mol. The summed E-state index contributed by atoms with van der Waals surface area (Å²) in [6.07, 6.45) is 0. The van der Waals surface area contributed by atoms with Gasteiger partial charge in [-0.25, -0.2) is 4.39 Å². The van der Waals surface area contributed by atoms with Crippen LogP contribution < -0.4 is 4.74 Å². The number of nitrogens with zero attached hydrogens (tertiary/aromatic N) is 3. The molecule has 3 aromatic rings.